The maximum absolute atomic E-state index is 10.2. The van der Waals surface area contributed by atoms with E-state index in [1.807, 2.05) is 0 Å². The summed E-state index contributed by atoms with van der Waals surface area (Å²) in [6.45, 7) is 0. The fourth-order valence-electron chi connectivity index (χ4n) is 0.720. The van der Waals surface area contributed by atoms with Crippen LogP contribution in [-0.2, 0) is 0 Å². The van der Waals surface area contributed by atoms with E-state index in [1.54, 1.807) is 0 Å². The third-order valence-corrected chi connectivity index (χ3v) is 1.25. The maximum Gasteiger partial charge on any atom is 0.276 e. The molecule has 1 unspecified atom stereocenters. The molecule has 0 bridgehead atoms. The van der Waals surface area contributed by atoms with Gasteiger partial charge in [-0.05, 0) is 6.07 Å². The fourth-order valence-corrected chi connectivity index (χ4v) is 0.720. The molecule has 0 aliphatic carbocycles. The van der Waals surface area contributed by atoms with E-state index in [9.17, 15) is 20.2 Å². The van der Waals surface area contributed by atoms with Gasteiger partial charge in [0.25, 0.3) is 11.4 Å². The molecule has 0 radical (unpaired) electrons. The molecular weight excluding hydrogens is 195 g/mol. The highest BCUT2D eigenvalue weighted by Gasteiger charge is 2.11. The SMILES string of the molecule is O=[N+]([O-])c1cccc([N+](=O)[O-])c1.P. The summed E-state index contributed by atoms with van der Waals surface area (Å²) in [5.41, 5.74) is -0.548. The van der Waals surface area contributed by atoms with Crippen molar-refractivity contribution in [3.63, 3.8) is 0 Å². The van der Waals surface area contributed by atoms with E-state index in [2.05, 4.69) is 0 Å². The zero-order valence-corrected chi connectivity index (χ0v) is 7.96. The number of hydrogen-bond donors (Lipinski definition) is 0. The van der Waals surface area contributed by atoms with Gasteiger partial charge in [0.15, 0.2) is 0 Å². The third kappa shape index (κ3) is 2.76. The van der Waals surface area contributed by atoms with Crippen LogP contribution in [0.15, 0.2) is 24.3 Å². The molecule has 7 heteroatoms. The van der Waals surface area contributed by atoms with Crippen molar-refractivity contribution >= 4 is 21.3 Å². The van der Waals surface area contributed by atoms with Crippen LogP contribution < -0.4 is 0 Å². The predicted octanol–water partition coefficient (Wildman–Crippen LogP) is 1.56. The molecule has 1 atom stereocenters. The van der Waals surface area contributed by atoms with Gasteiger partial charge in [0, 0.05) is 12.1 Å². The van der Waals surface area contributed by atoms with Gasteiger partial charge in [-0.15, -0.1) is 0 Å². The van der Waals surface area contributed by atoms with E-state index < -0.39 is 9.85 Å². The molecule has 0 spiro atoms. The number of nitro benzene ring substituents is 2. The highest BCUT2D eigenvalue weighted by molar-refractivity contribution is 6.92. The normalized spacial score (nSPS) is 8.62. The number of non-ortho nitro benzene ring substituents is 2. The van der Waals surface area contributed by atoms with E-state index in [0.717, 1.165) is 6.07 Å². The molecule has 0 aliphatic rings. The van der Waals surface area contributed by atoms with Gasteiger partial charge >= 0.3 is 0 Å². The molecule has 0 heterocycles. The molecule has 0 amide bonds. The van der Waals surface area contributed by atoms with Crippen molar-refractivity contribution in [3.05, 3.63) is 44.5 Å². The van der Waals surface area contributed by atoms with Gasteiger partial charge in [0.2, 0.25) is 0 Å². The van der Waals surface area contributed by atoms with Gasteiger partial charge < -0.3 is 0 Å². The second-order valence-electron chi connectivity index (χ2n) is 2.03. The smallest absolute Gasteiger partial charge is 0.258 e. The van der Waals surface area contributed by atoms with Crippen LogP contribution in [0, 0.1) is 20.2 Å². The number of rotatable bonds is 2. The second-order valence-corrected chi connectivity index (χ2v) is 2.03. The highest BCUT2D eigenvalue weighted by atomic mass is 31.0. The molecule has 0 saturated heterocycles. The molecule has 0 aromatic heterocycles. The van der Waals surface area contributed by atoms with Gasteiger partial charge in [-0.2, -0.15) is 9.90 Å². The van der Waals surface area contributed by atoms with Gasteiger partial charge in [-0.25, -0.2) is 0 Å². The largest absolute Gasteiger partial charge is 0.276 e. The Labute approximate surface area is 76.5 Å². The summed E-state index contributed by atoms with van der Waals surface area (Å²) >= 11 is 0. The van der Waals surface area contributed by atoms with Crippen molar-refractivity contribution in [1.29, 1.82) is 0 Å². The first kappa shape index (κ1) is 11.4. The monoisotopic (exact) mass is 202 g/mol. The first-order chi connectivity index (χ1) is 5.61. The summed E-state index contributed by atoms with van der Waals surface area (Å²) in [6, 6.07) is 4.59. The van der Waals surface area contributed by atoms with E-state index in [0.29, 0.717) is 0 Å². The Balaban J connectivity index is 0.00000144. The quantitative estimate of drug-likeness (QED) is 0.413. The average Bonchev–Trinajstić information content (AvgIpc) is 2.04. The summed E-state index contributed by atoms with van der Waals surface area (Å²) in [5, 5.41) is 20.3. The van der Waals surface area contributed by atoms with Gasteiger partial charge in [0.1, 0.15) is 0 Å². The number of nitrogens with zero attached hydrogens (tertiary/aromatic N) is 2. The van der Waals surface area contributed by atoms with Crippen molar-refractivity contribution in [2.75, 3.05) is 0 Å². The zero-order chi connectivity index (χ0) is 9.14. The van der Waals surface area contributed by atoms with Crippen molar-refractivity contribution in [3.8, 4) is 0 Å². The van der Waals surface area contributed by atoms with Crippen molar-refractivity contribution < 1.29 is 9.85 Å². The van der Waals surface area contributed by atoms with Crippen LogP contribution in [0.3, 0.4) is 0 Å². The fraction of sp³-hybridized carbons (Fsp3) is 0. The van der Waals surface area contributed by atoms with Crippen LogP contribution in [0.25, 0.3) is 0 Å². The standard InChI is InChI=1S/C6H4N2O4.H3P/c9-7(10)5-2-1-3-6(4-5)8(11)12;/h1-4H;1H3. The van der Waals surface area contributed by atoms with Crippen molar-refractivity contribution in [2.45, 2.75) is 0 Å². The summed E-state index contributed by atoms with van der Waals surface area (Å²) in [4.78, 5) is 19.0. The van der Waals surface area contributed by atoms with Crippen LogP contribution in [0.1, 0.15) is 0 Å². The van der Waals surface area contributed by atoms with Crippen LogP contribution in [0.5, 0.6) is 0 Å². The van der Waals surface area contributed by atoms with E-state index in [-0.39, 0.29) is 21.3 Å². The average molecular weight is 202 g/mol. The molecular formula is C6H7N2O4P. The molecule has 0 fully saturated rings. The summed E-state index contributed by atoms with van der Waals surface area (Å²) in [5.74, 6) is 0. The summed E-state index contributed by atoms with van der Waals surface area (Å²) < 4.78 is 0. The summed E-state index contributed by atoms with van der Waals surface area (Å²) in [7, 11) is 0. The van der Waals surface area contributed by atoms with E-state index in [4.69, 9.17) is 0 Å². The van der Waals surface area contributed by atoms with Gasteiger partial charge in [-0.1, -0.05) is 0 Å². The molecule has 1 aromatic rings. The van der Waals surface area contributed by atoms with Gasteiger partial charge in [-0.3, -0.25) is 20.2 Å². The lowest BCUT2D eigenvalue weighted by molar-refractivity contribution is -0.394. The van der Waals surface area contributed by atoms with Crippen LogP contribution in [0.2, 0.25) is 0 Å². The molecule has 0 aliphatic heterocycles. The third-order valence-electron chi connectivity index (χ3n) is 1.25. The Hall–Kier alpha value is -1.55. The maximum atomic E-state index is 10.2. The Bertz CT molecular complexity index is 312. The molecule has 13 heavy (non-hydrogen) atoms. The highest BCUT2D eigenvalue weighted by Crippen LogP contribution is 2.18. The van der Waals surface area contributed by atoms with Gasteiger partial charge in [0.05, 0.1) is 15.9 Å². The van der Waals surface area contributed by atoms with E-state index >= 15 is 0 Å². The molecule has 1 rings (SSSR count). The molecule has 6 nitrogen and oxygen atoms in total. The minimum atomic E-state index is -0.674. The number of nitro groups is 2. The lowest BCUT2D eigenvalue weighted by Gasteiger charge is -1.90. The molecule has 70 valence electrons. The minimum Gasteiger partial charge on any atom is -0.258 e. The van der Waals surface area contributed by atoms with Crippen LogP contribution in [-0.4, -0.2) is 9.85 Å². The Morgan fingerprint density at radius 3 is 1.69 bits per heavy atom. The Morgan fingerprint density at radius 2 is 1.38 bits per heavy atom. The summed E-state index contributed by atoms with van der Waals surface area (Å²) in [6.07, 6.45) is 0. The predicted molar refractivity (Wildman–Crippen MR) is 50.9 cm³/mol. The number of hydrogen-bond acceptors (Lipinski definition) is 4. The molecule has 0 saturated carbocycles. The Kier molecular flexibility index (Phi) is 3.94. The lowest BCUT2D eigenvalue weighted by atomic mass is 10.3. The van der Waals surface area contributed by atoms with Crippen molar-refractivity contribution in [2.24, 2.45) is 0 Å². The molecule has 0 N–H and O–H groups in total. The Morgan fingerprint density at radius 1 is 1.00 bits per heavy atom. The topological polar surface area (TPSA) is 86.3 Å². The first-order valence-electron chi connectivity index (χ1n) is 3.00. The minimum absolute atomic E-state index is 0. The first-order valence-corrected chi connectivity index (χ1v) is 3.00. The molecule has 1 aromatic carbocycles. The van der Waals surface area contributed by atoms with Crippen molar-refractivity contribution in [1.82, 2.24) is 0 Å². The number of benzene rings is 1. The zero-order valence-electron chi connectivity index (χ0n) is 6.54. The van der Waals surface area contributed by atoms with Crippen LogP contribution >= 0.6 is 9.90 Å². The second kappa shape index (κ2) is 4.47. The van der Waals surface area contributed by atoms with Crippen LogP contribution in [0.4, 0.5) is 11.4 Å². The lowest BCUT2D eigenvalue weighted by Crippen LogP contribution is -1.91. The van der Waals surface area contributed by atoms with E-state index in [1.165, 1.54) is 18.2 Å².